The number of halogens is 1. The highest BCUT2D eigenvalue weighted by Crippen LogP contribution is 2.30. The minimum atomic E-state index is -0.944. The summed E-state index contributed by atoms with van der Waals surface area (Å²) in [5.74, 6) is -1.53. The summed E-state index contributed by atoms with van der Waals surface area (Å²) in [6.07, 6.45) is 0.769. The van der Waals surface area contributed by atoms with E-state index in [1.807, 2.05) is 18.2 Å². The van der Waals surface area contributed by atoms with E-state index in [2.05, 4.69) is 51.5 Å². The Morgan fingerprint density at radius 1 is 1.06 bits per heavy atom. The van der Waals surface area contributed by atoms with Gasteiger partial charge in [0.25, 0.3) is 0 Å². The molecule has 2 aliphatic heterocycles. The van der Waals surface area contributed by atoms with E-state index in [0.29, 0.717) is 19.4 Å². The third kappa shape index (κ3) is 8.60. The van der Waals surface area contributed by atoms with Crippen molar-refractivity contribution < 1.29 is 24.2 Å². The van der Waals surface area contributed by atoms with E-state index < -0.39 is 17.9 Å². The zero-order valence-electron chi connectivity index (χ0n) is 20.1. The maximum absolute atomic E-state index is 10.7. The second-order valence-corrected chi connectivity index (χ2v) is 9.19. The number of carbonyl (C=O) groups excluding carboxylic acids is 2. The number of primary amides is 1. The molecule has 0 radical (unpaired) electrons. The van der Waals surface area contributed by atoms with Crippen molar-refractivity contribution in [2.24, 2.45) is 5.73 Å². The molecule has 194 valence electrons. The summed E-state index contributed by atoms with van der Waals surface area (Å²) in [6.45, 7) is 5.22. The number of carboxylic acids is 1. The van der Waals surface area contributed by atoms with Crippen LogP contribution in [0.3, 0.4) is 0 Å². The maximum Gasteiger partial charge on any atom is 0.326 e. The first kappa shape index (κ1) is 27.6. The lowest BCUT2D eigenvalue weighted by Crippen LogP contribution is -2.48. The van der Waals surface area contributed by atoms with Crippen LogP contribution < -0.4 is 11.1 Å². The lowest BCUT2D eigenvalue weighted by atomic mass is 9.96. The van der Waals surface area contributed by atoms with Gasteiger partial charge in [0.05, 0.1) is 12.6 Å². The average Bonchev–Trinajstić information content (AvgIpc) is 3.32. The van der Waals surface area contributed by atoms with E-state index in [4.69, 9.17) is 27.2 Å². The van der Waals surface area contributed by atoms with Crippen LogP contribution in [0.25, 0.3) is 0 Å². The monoisotopic (exact) mass is 516 g/mol. The first-order chi connectivity index (χ1) is 17.3. The number of rotatable bonds is 9. The first-order valence-electron chi connectivity index (χ1n) is 12.0. The standard InChI is InChI=1S/C21H26ClN3O2.C5H7NO3/c22-19-8-6-18(7-9-19)21(17-4-2-1-3-5-17)25-12-10-24(11-13-25)14-15-27-16-20(23)26;7-4-2-1-3(6-4)5(8)9/h1-9,21H,10-16H2,(H2,23,26);3H,1-2H2,(H,6,7)(H,8,9)/t21-;3-/m00/s1. The number of aliphatic carboxylic acids is 1. The summed E-state index contributed by atoms with van der Waals surface area (Å²) >= 11 is 6.09. The van der Waals surface area contributed by atoms with Gasteiger partial charge in [-0.05, 0) is 29.7 Å². The summed E-state index contributed by atoms with van der Waals surface area (Å²) in [5, 5.41) is 11.4. The molecule has 0 aliphatic carbocycles. The lowest BCUT2D eigenvalue weighted by Gasteiger charge is -2.39. The number of hydrogen-bond acceptors (Lipinski definition) is 6. The molecule has 0 bridgehead atoms. The first-order valence-corrected chi connectivity index (χ1v) is 12.4. The van der Waals surface area contributed by atoms with Crippen molar-refractivity contribution in [3.63, 3.8) is 0 Å². The van der Waals surface area contributed by atoms with Gasteiger partial charge in [-0.2, -0.15) is 0 Å². The van der Waals surface area contributed by atoms with Gasteiger partial charge in [-0.25, -0.2) is 4.79 Å². The number of hydrogen-bond donors (Lipinski definition) is 3. The number of ether oxygens (including phenoxy) is 1. The van der Waals surface area contributed by atoms with Crippen LogP contribution in [0.15, 0.2) is 54.6 Å². The van der Waals surface area contributed by atoms with Crippen molar-refractivity contribution >= 4 is 29.4 Å². The molecule has 2 atom stereocenters. The molecule has 2 saturated heterocycles. The maximum atomic E-state index is 10.7. The molecule has 0 aromatic heterocycles. The van der Waals surface area contributed by atoms with Crippen LogP contribution in [0.4, 0.5) is 0 Å². The van der Waals surface area contributed by atoms with Crippen molar-refractivity contribution in [3.05, 3.63) is 70.7 Å². The number of piperazine rings is 1. The van der Waals surface area contributed by atoms with Crippen molar-refractivity contribution in [1.82, 2.24) is 15.1 Å². The number of nitrogens with one attached hydrogen (secondary N) is 1. The van der Waals surface area contributed by atoms with Crippen LogP contribution in [0, 0.1) is 0 Å². The summed E-state index contributed by atoms with van der Waals surface area (Å²) in [4.78, 5) is 36.1. The minimum absolute atomic E-state index is 0.00733. The number of benzene rings is 2. The predicted octanol–water partition coefficient (Wildman–Crippen LogP) is 1.90. The Morgan fingerprint density at radius 3 is 2.22 bits per heavy atom. The molecule has 2 aliphatic rings. The molecule has 2 heterocycles. The number of amides is 2. The van der Waals surface area contributed by atoms with Gasteiger partial charge in [-0.3, -0.25) is 19.4 Å². The molecule has 2 aromatic carbocycles. The molecular formula is C26H33ClN4O5. The molecule has 36 heavy (non-hydrogen) atoms. The number of carbonyl (C=O) groups is 3. The van der Waals surface area contributed by atoms with Gasteiger partial charge in [0.2, 0.25) is 11.8 Å². The Morgan fingerprint density at radius 2 is 1.69 bits per heavy atom. The highest BCUT2D eigenvalue weighted by molar-refractivity contribution is 6.30. The fourth-order valence-corrected chi connectivity index (χ4v) is 4.43. The van der Waals surface area contributed by atoms with Crippen molar-refractivity contribution in [2.45, 2.75) is 24.9 Å². The molecule has 9 nitrogen and oxygen atoms in total. The normalized spacial score (nSPS) is 19.1. The van der Waals surface area contributed by atoms with E-state index in [-0.39, 0.29) is 18.6 Å². The van der Waals surface area contributed by atoms with E-state index in [9.17, 15) is 14.4 Å². The Balaban J connectivity index is 0.000000338. The highest BCUT2D eigenvalue weighted by Gasteiger charge is 2.27. The molecule has 0 unspecified atom stereocenters. The SMILES string of the molecule is NC(=O)COCCN1CCN([C@@H](c2ccccc2)c2ccc(Cl)cc2)CC1.O=C1CC[C@@H](C(=O)O)N1. The lowest BCUT2D eigenvalue weighted by molar-refractivity contribution is -0.140. The average molecular weight is 517 g/mol. The summed E-state index contributed by atoms with van der Waals surface area (Å²) < 4.78 is 5.28. The van der Waals surface area contributed by atoms with Gasteiger partial charge in [0, 0.05) is 44.2 Å². The van der Waals surface area contributed by atoms with E-state index in [1.165, 1.54) is 11.1 Å². The quantitative estimate of drug-likeness (QED) is 0.435. The van der Waals surface area contributed by atoms with Gasteiger partial charge in [-0.15, -0.1) is 0 Å². The van der Waals surface area contributed by atoms with Gasteiger partial charge in [0.15, 0.2) is 0 Å². The zero-order valence-corrected chi connectivity index (χ0v) is 20.9. The van der Waals surface area contributed by atoms with Crippen molar-refractivity contribution in [1.29, 1.82) is 0 Å². The zero-order chi connectivity index (χ0) is 25.9. The Hall–Kier alpha value is -2.98. The van der Waals surface area contributed by atoms with Gasteiger partial charge >= 0.3 is 5.97 Å². The van der Waals surface area contributed by atoms with Gasteiger partial charge in [-0.1, -0.05) is 54.1 Å². The molecule has 2 amide bonds. The molecule has 10 heteroatoms. The molecule has 0 saturated carbocycles. The van der Waals surface area contributed by atoms with Crippen LogP contribution >= 0.6 is 11.6 Å². The van der Waals surface area contributed by atoms with Crippen LogP contribution in [0.5, 0.6) is 0 Å². The fraction of sp³-hybridized carbons (Fsp3) is 0.423. The summed E-state index contributed by atoms with van der Waals surface area (Å²) in [7, 11) is 0. The molecule has 2 aromatic rings. The van der Waals surface area contributed by atoms with Gasteiger partial charge in [0.1, 0.15) is 12.6 Å². The van der Waals surface area contributed by atoms with E-state index in [0.717, 1.165) is 37.7 Å². The highest BCUT2D eigenvalue weighted by atomic mass is 35.5. The molecule has 2 fully saturated rings. The second-order valence-electron chi connectivity index (χ2n) is 8.76. The second kappa shape index (κ2) is 13.9. The third-order valence-corrected chi connectivity index (χ3v) is 6.41. The fourth-order valence-electron chi connectivity index (χ4n) is 4.31. The predicted molar refractivity (Wildman–Crippen MR) is 137 cm³/mol. The third-order valence-electron chi connectivity index (χ3n) is 6.16. The number of carboxylic acid groups (broad SMARTS) is 1. The van der Waals surface area contributed by atoms with Crippen LogP contribution in [-0.2, 0) is 19.1 Å². The molecular weight excluding hydrogens is 484 g/mol. The smallest absolute Gasteiger partial charge is 0.326 e. The number of nitrogens with zero attached hydrogens (tertiary/aromatic N) is 2. The Labute approximate surface area is 216 Å². The molecule has 4 N–H and O–H groups in total. The topological polar surface area (TPSA) is 125 Å². The summed E-state index contributed by atoms with van der Waals surface area (Å²) in [6, 6.07) is 18.3. The molecule has 4 rings (SSSR count). The molecule has 0 spiro atoms. The van der Waals surface area contributed by atoms with Crippen molar-refractivity contribution in [3.8, 4) is 0 Å². The van der Waals surface area contributed by atoms with Crippen LogP contribution in [0.1, 0.15) is 30.0 Å². The largest absolute Gasteiger partial charge is 0.480 e. The minimum Gasteiger partial charge on any atom is -0.480 e. The van der Waals surface area contributed by atoms with Crippen molar-refractivity contribution in [2.75, 3.05) is 45.9 Å². The summed E-state index contributed by atoms with van der Waals surface area (Å²) in [5.41, 5.74) is 7.63. The van der Waals surface area contributed by atoms with E-state index >= 15 is 0 Å². The Kier molecular flexibility index (Phi) is 10.7. The Bertz CT molecular complexity index is 997. The van der Waals surface area contributed by atoms with E-state index in [1.54, 1.807) is 0 Å². The van der Waals surface area contributed by atoms with Crippen LogP contribution in [-0.4, -0.2) is 84.7 Å². The van der Waals surface area contributed by atoms with Crippen LogP contribution in [0.2, 0.25) is 5.02 Å². The van der Waals surface area contributed by atoms with Gasteiger partial charge < -0.3 is 20.9 Å². The number of nitrogens with two attached hydrogens (primary N) is 1.